The summed E-state index contributed by atoms with van der Waals surface area (Å²) in [7, 11) is 1.18. The van der Waals surface area contributed by atoms with Gasteiger partial charge >= 0.3 is 12.2 Å². The molecule has 0 saturated heterocycles. The predicted molar refractivity (Wildman–Crippen MR) is 84.7 cm³/mol. The van der Waals surface area contributed by atoms with Gasteiger partial charge in [-0.2, -0.15) is 0 Å². The largest absolute Gasteiger partial charge is 0.509 e. The summed E-state index contributed by atoms with van der Waals surface area (Å²) >= 11 is 0. The van der Waals surface area contributed by atoms with Crippen LogP contribution >= 0.6 is 0 Å². The zero-order valence-electron chi connectivity index (χ0n) is 14.2. The van der Waals surface area contributed by atoms with Crippen molar-refractivity contribution in [3.8, 4) is 0 Å². The molecule has 2 rings (SSSR count). The van der Waals surface area contributed by atoms with Crippen molar-refractivity contribution in [1.82, 2.24) is 10.2 Å². The molecule has 0 aliphatic rings. The van der Waals surface area contributed by atoms with Gasteiger partial charge in [0.2, 0.25) is 5.89 Å². The summed E-state index contributed by atoms with van der Waals surface area (Å²) in [6, 6.07) is 5.35. The van der Waals surface area contributed by atoms with Crippen LogP contribution in [0.3, 0.4) is 0 Å². The van der Waals surface area contributed by atoms with Crippen LogP contribution in [-0.2, 0) is 9.47 Å². The molecule has 1 aromatic heterocycles. The molecule has 8 heteroatoms. The van der Waals surface area contributed by atoms with Crippen LogP contribution < -0.4 is 4.90 Å². The van der Waals surface area contributed by atoms with Crippen LogP contribution in [0, 0.1) is 20.8 Å². The van der Waals surface area contributed by atoms with Crippen LogP contribution in [-0.4, -0.2) is 35.6 Å². The summed E-state index contributed by atoms with van der Waals surface area (Å²) in [6.45, 7) is 6.87. The minimum atomic E-state index is -0.995. The molecule has 0 N–H and O–H groups in total. The minimum absolute atomic E-state index is 0.0612. The second kappa shape index (κ2) is 7.12. The van der Waals surface area contributed by atoms with E-state index in [0.29, 0.717) is 5.56 Å². The first-order valence-electron chi connectivity index (χ1n) is 7.29. The van der Waals surface area contributed by atoms with Crippen LogP contribution in [0.4, 0.5) is 10.8 Å². The first-order valence-corrected chi connectivity index (χ1v) is 7.29. The van der Waals surface area contributed by atoms with Gasteiger partial charge in [0.05, 0.1) is 7.11 Å². The van der Waals surface area contributed by atoms with Crippen LogP contribution in [0.5, 0.6) is 0 Å². The maximum atomic E-state index is 13.0. The molecule has 128 valence electrons. The Morgan fingerprint density at radius 2 is 1.92 bits per heavy atom. The van der Waals surface area contributed by atoms with E-state index in [1.807, 2.05) is 26.0 Å². The molecule has 1 unspecified atom stereocenters. The molecule has 24 heavy (non-hydrogen) atoms. The molecular formula is C16H19N3O5. The van der Waals surface area contributed by atoms with Gasteiger partial charge in [0.25, 0.3) is 5.91 Å². The zero-order chi connectivity index (χ0) is 17.9. The Hall–Kier alpha value is -2.90. The molecule has 0 radical (unpaired) electrons. The second-order valence-corrected chi connectivity index (χ2v) is 5.27. The summed E-state index contributed by atoms with van der Waals surface area (Å²) in [5.74, 6) is -0.138. The number of benzene rings is 1. The highest BCUT2D eigenvalue weighted by atomic mass is 16.7. The number of ether oxygens (including phenoxy) is 2. The van der Waals surface area contributed by atoms with Gasteiger partial charge in [-0.1, -0.05) is 22.8 Å². The number of rotatable bonds is 4. The number of methoxy groups -OCH3 is 1. The van der Waals surface area contributed by atoms with Gasteiger partial charge in [0, 0.05) is 12.5 Å². The lowest BCUT2D eigenvalue weighted by atomic mass is 10.0. The number of aromatic nitrogens is 2. The van der Waals surface area contributed by atoms with Crippen molar-refractivity contribution in [2.45, 2.75) is 33.9 Å². The molecule has 0 aliphatic heterocycles. The van der Waals surface area contributed by atoms with Crippen molar-refractivity contribution in [1.29, 1.82) is 0 Å². The maximum absolute atomic E-state index is 13.0. The molecule has 0 fully saturated rings. The monoisotopic (exact) mass is 333 g/mol. The Morgan fingerprint density at radius 1 is 1.21 bits per heavy atom. The highest BCUT2D eigenvalue weighted by Gasteiger charge is 2.31. The Kier molecular flexibility index (Phi) is 5.18. The minimum Gasteiger partial charge on any atom is -0.438 e. The topological polar surface area (TPSA) is 94.8 Å². The number of carbonyl (C=O) groups excluding carboxylic acids is 2. The molecule has 0 bridgehead atoms. The standard InChI is InChI=1S/C16H19N3O5/c1-9-6-7-13(10(2)8-9)14(20)19(12(4)24-16(21)22-5)15-18-17-11(3)23-15/h6-8,12H,1-5H3. The fraction of sp³-hybridized carbons (Fsp3) is 0.375. The van der Waals surface area contributed by atoms with Crippen molar-refractivity contribution < 1.29 is 23.5 Å². The van der Waals surface area contributed by atoms with Crippen LogP contribution in [0.25, 0.3) is 0 Å². The van der Waals surface area contributed by atoms with E-state index in [-0.39, 0.29) is 11.9 Å². The van der Waals surface area contributed by atoms with E-state index >= 15 is 0 Å². The Balaban J connectivity index is 2.41. The van der Waals surface area contributed by atoms with E-state index < -0.39 is 18.3 Å². The van der Waals surface area contributed by atoms with Gasteiger partial charge in [-0.05, 0) is 32.4 Å². The SMILES string of the molecule is COC(=O)OC(C)N(C(=O)c1ccc(C)cc1C)c1nnc(C)o1. The number of nitrogens with zero attached hydrogens (tertiary/aromatic N) is 3. The lowest BCUT2D eigenvalue weighted by molar-refractivity contribution is 0.0393. The van der Waals surface area contributed by atoms with E-state index in [4.69, 9.17) is 9.15 Å². The van der Waals surface area contributed by atoms with Crippen LogP contribution in [0.2, 0.25) is 0 Å². The molecule has 0 saturated carbocycles. The predicted octanol–water partition coefficient (Wildman–Crippen LogP) is 2.77. The molecule has 2 aromatic rings. The number of amides is 1. The van der Waals surface area contributed by atoms with Crippen LogP contribution in [0.15, 0.2) is 22.6 Å². The lowest BCUT2D eigenvalue weighted by Crippen LogP contribution is -2.42. The summed E-state index contributed by atoms with van der Waals surface area (Å²) in [5.41, 5.74) is 2.26. The molecule has 1 aromatic carbocycles. The highest BCUT2D eigenvalue weighted by Crippen LogP contribution is 2.22. The number of hydrogen-bond acceptors (Lipinski definition) is 7. The average Bonchev–Trinajstić information content (AvgIpc) is 2.93. The third kappa shape index (κ3) is 3.70. The molecule has 1 heterocycles. The van der Waals surface area contributed by atoms with Gasteiger partial charge in [-0.25, -0.2) is 9.69 Å². The zero-order valence-corrected chi connectivity index (χ0v) is 14.2. The van der Waals surface area contributed by atoms with E-state index in [1.54, 1.807) is 13.0 Å². The summed E-state index contributed by atoms with van der Waals surface area (Å²) in [5, 5.41) is 7.57. The first kappa shape index (κ1) is 17.5. The Labute approximate surface area is 139 Å². The van der Waals surface area contributed by atoms with E-state index in [0.717, 1.165) is 16.0 Å². The van der Waals surface area contributed by atoms with Gasteiger partial charge in [0.15, 0.2) is 6.23 Å². The van der Waals surface area contributed by atoms with Crippen molar-refractivity contribution >= 4 is 18.1 Å². The maximum Gasteiger partial charge on any atom is 0.509 e. The third-order valence-electron chi connectivity index (χ3n) is 3.35. The average molecular weight is 333 g/mol. The number of anilines is 1. The van der Waals surface area contributed by atoms with Gasteiger partial charge in [-0.3, -0.25) is 4.79 Å². The molecular weight excluding hydrogens is 314 g/mol. The second-order valence-electron chi connectivity index (χ2n) is 5.27. The number of carbonyl (C=O) groups is 2. The summed E-state index contributed by atoms with van der Waals surface area (Å²) in [6.07, 6.45) is -1.91. The molecule has 1 amide bonds. The lowest BCUT2D eigenvalue weighted by Gasteiger charge is -2.25. The van der Waals surface area contributed by atoms with Gasteiger partial charge < -0.3 is 13.9 Å². The summed E-state index contributed by atoms with van der Waals surface area (Å²) < 4.78 is 14.9. The van der Waals surface area contributed by atoms with Crippen molar-refractivity contribution in [3.63, 3.8) is 0 Å². The molecule has 1 atom stereocenters. The van der Waals surface area contributed by atoms with E-state index in [1.165, 1.54) is 14.0 Å². The third-order valence-corrected chi connectivity index (χ3v) is 3.35. The fourth-order valence-corrected chi connectivity index (χ4v) is 2.21. The molecule has 8 nitrogen and oxygen atoms in total. The van der Waals surface area contributed by atoms with Gasteiger partial charge in [0.1, 0.15) is 0 Å². The van der Waals surface area contributed by atoms with E-state index in [2.05, 4.69) is 14.9 Å². The number of aryl methyl sites for hydroxylation is 3. The van der Waals surface area contributed by atoms with Crippen molar-refractivity contribution in [2.24, 2.45) is 0 Å². The fourth-order valence-electron chi connectivity index (χ4n) is 2.21. The van der Waals surface area contributed by atoms with Gasteiger partial charge in [-0.15, -0.1) is 5.10 Å². The quantitative estimate of drug-likeness (QED) is 0.627. The van der Waals surface area contributed by atoms with E-state index in [9.17, 15) is 9.59 Å². The number of hydrogen-bond donors (Lipinski definition) is 0. The molecule has 0 aliphatic carbocycles. The van der Waals surface area contributed by atoms with Crippen LogP contribution in [0.1, 0.15) is 34.3 Å². The summed E-state index contributed by atoms with van der Waals surface area (Å²) in [4.78, 5) is 25.5. The Morgan fingerprint density at radius 3 is 2.46 bits per heavy atom. The molecule has 0 spiro atoms. The van der Waals surface area contributed by atoms with Crippen molar-refractivity contribution in [3.05, 3.63) is 40.8 Å². The normalized spacial score (nSPS) is 11.7. The first-order chi connectivity index (χ1) is 11.3. The highest BCUT2D eigenvalue weighted by molar-refractivity contribution is 6.06. The smallest absolute Gasteiger partial charge is 0.438 e. The van der Waals surface area contributed by atoms with Crippen molar-refractivity contribution in [2.75, 3.05) is 12.0 Å². The Bertz CT molecular complexity index is 756.